The number of hydrogen-bond donors (Lipinski definition) is 6. The molecular formula is C69H77B2N5O6Si. The number of aliphatic imine (C=N–C) groups is 1. The predicted octanol–water partition coefficient (Wildman–Crippen LogP) is 9.61. The number of unbranched alkanes of at least 4 members (excludes halogenated alkanes) is 1. The lowest BCUT2D eigenvalue weighted by atomic mass is 9.77. The van der Waals surface area contributed by atoms with Crippen LogP contribution in [0.5, 0.6) is 0 Å². The van der Waals surface area contributed by atoms with Gasteiger partial charge in [0.15, 0.2) is 5.78 Å². The Bertz CT molecular complexity index is 3790. The van der Waals surface area contributed by atoms with Gasteiger partial charge in [-0.3, -0.25) is 24.4 Å². The third kappa shape index (κ3) is 13.3. The van der Waals surface area contributed by atoms with Gasteiger partial charge >= 0.3 is 14.2 Å². The van der Waals surface area contributed by atoms with Gasteiger partial charge in [0.2, 0.25) is 5.91 Å². The zero-order chi connectivity index (χ0) is 59.1. The fourth-order valence-electron chi connectivity index (χ4n) is 12.1. The van der Waals surface area contributed by atoms with Gasteiger partial charge in [-0.05, 0) is 187 Å². The largest absolute Gasteiger partial charge is 0.488 e. The topological polar surface area (TPSA) is 158 Å². The third-order valence-electron chi connectivity index (χ3n) is 16.7. The fourth-order valence-corrected chi connectivity index (χ4v) is 15.2. The van der Waals surface area contributed by atoms with Crippen molar-refractivity contribution >= 4 is 88.6 Å². The Morgan fingerprint density at radius 1 is 0.639 bits per heavy atom. The molecule has 2 aliphatic rings. The highest BCUT2D eigenvalue weighted by Gasteiger charge is 2.40. The van der Waals surface area contributed by atoms with Crippen molar-refractivity contribution in [2.75, 3.05) is 39.0 Å². The Kier molecular flexibility index (Phi) is 19.1. The van der Waals surface area contributed by atoms with Crippen LogP contribution in [0.25, 0.3) is 38.2 Å². The second-order valence-corrected chi connectivity index (χ2v) is 27.2. The van der Waals surface area contributed by atoms with Gasteiger partial charge in [0.1, 0.15) is 8.07 Å². The van der Waals surface area contributed by atoms with Crippen LogP contribution in [-0.4, -0.2) is 103 Å². The summed E-state index contributed by atoms with van der Waals surface area (Å²) in [5.74, 6) is -0.138. The first-order valence-corrected chi connectivity index (χ1v) is 31.8. The molecule has 1 heterocycles. The van der Waals surface area contributed by atoms with Gasteiger partial charge < -0.3 is 30.7 Å². The van der Waals surface area contributed by atoms with Gasteiger partial charge in [-0.2, -0.15) is 0 Å². The monoisotopic (exact) mass is 1120 g/mol. The number of Topliss-reactive ketones (excluding diaryl/α,β-unsaturated/α-hetero) is 1. The van der Waals surface area contributed by atoms with E-state index in [1.54, 1.807) is 26.0 Å². The van der Waals surface area contributed by atoms with Crippen LogP contribution in [0, 0.1) is 6.92 Å². The first-order chi connectivity index (χ1) is 39.9. The van der Waals surface area contributed by atoms with Crippen LogP contribution >= 0.6 is 0 Å². The van der Waals surface area contributed by atoms with E-state index in [1.165, 1.54) is 32.7 Å². The Morgan fingerprint density at radius 2 is 1.20 bits per heavy atom. The molecule has 1 aliphatic heterocycles. The Morgan fingerprint density at radius 3 is 1.80 bits per heavy atom. The molecule has 0 saturated carbocycles. The maximum Gasteiger partial charge on any atom is 0.488 e. The summed E-state index contributed by atoms with van der Waals surface area (Å²) in [6.45, 7) is 21.8. The van der Waals surface area contributed by atoms with E-state index in [9.17, 15) is 29.7 Å². The lowest BCUT2D eigenvalue weighted by molar-refractivity contribution is -0.117. The highest BCUT2D eigenvalue weighted by Crippen LogP contribution is 2.44. The molecule has 9 rings (SSSR count). The molecule has 11 nitrogen and oxygen atoms in total. The third-order valence-corrected chi connectivity index (χ3v) is 20.2. The lowest BCUT2D eigenvalue weighted by Gasteiger charge is -2.38. The van der Waals surface area contributed by atoms with Gasteiger partial charge in [-0.15, -0.1) is 0 Å². The first-order valence-electron chi connectivity index (χ1n) is 28.8. The summed E-state index contributed by atoms with van der Waals surface area (Å²) in [4.78, 5) is 34.7. The number of allylic oxidation sites excluding steroid dienone is 6. The minimum absolute atomic E-state index is 0.0536. The Balaban J connectivity index is 1.21. The maximum atomic E-state index is 12.8. The molecule has 0 aromatic heterocycles. The summed E-state index contributed by atoms with van der Waals surface area (Å²) >= 11 is 0. The summed E-state index contributed by atoms with van der Waals surface area (Å²) in [6.07, 6.45) is 9.15. The highest BCUT2D eigenvalue weighted by molar-refractivity contribution is 6.98. The summed E-state index contributed by atoms with van der Waals surface area (Å²) in [7, 11) is -1.63. The minimum Gasteiger partial charge on any atom is -0.423 e. The molecule has 6 N–H and O–H groups in total. The number of nitrogens with one attached hydrogen (secondary N) is 2. The van der Waals surface area contributed by atoms with Crippen molar-refractivity contribution in [2.45, 2.75) is 85.7 Å². The molecule has 1 amide bonds. The molecule has 7 aromatic carbocycles. The zero-order valence-electron chi connectivity index (χ0n) is 49.2. The molecule has 14 heteroatoms. The van der Waals surface area contributed by atoms with E-state index < -0.39 is 22.3 Å². The normalized spacial score (nSPS) is 14.0. The van der Waals surface area contributed by atoms with E-state index in [-0.39, 0.29) is 11.7 Å². The van der Waals surface area contributed by atoms with Gasteiger partial charge in [-0.1, -0.05) is 142 Å². The van der Waals surface area contributed by atoms with Crippen LogP contribution in [0.3, 0.4) is 0 Å². The van der Waals surface area contributed by atoms with Crippen LogP contribution in [0.15, 0.2) is 186 Å². The first kappa shape index (κ1) is 60.1. The second kappa shape index (κ2) is 26.4. The lowest BCUT2D eigenvalue weighted by Crippen LogP contribution is -2.49. The quantitative estimate of drug-likeness (QED) is 0.0150. The van der Waals surface area contributed by atoms with Crippen molar-refractivity contribution in [1.82, 2.24) is 15.1 Å². The average molecular weight is 1120 g/mol. The number of carbonyl (C=O) groups is 2. The summed E-state index contributed by atoms with van der Waals surface area (Å²) in [6, 6.07) is 43.9. The predicted molar refractivity (Wildman–Crippen MR) is 348 cm³/mol. The van der Waals surface area contributed by atoms with Crippen molar-refractivity contribution in [3.05, 3.63) is 220 Å². The molecule has 0 saturated heterocycles. The zero-order valence-corrected chi connectivity index (χ0v) is 50.2. The second-order valence-electron chi connectivity index (χ2n) is 22.9. The maximum absolute atomic E-state index is 12.8. The molecule has 0 spiro atoms. The molecule has 424 valence electrons. The van der Waals surface area contributed by atoms with Crippen LogP contribution in [0.2, 0.25) is 13.1 Å². The molecular weight excluding hydrogens is 1040 g/mol. The molecule has 0 bridgehead atoms. The molecule has 7 aromatic rings. The summed E-state index contributed by atoms with van der Waals surface area (Å²) in [5, 5.41) is 55.8. The van der Waals surface area contributed by atoms with Gasteiger partial charge in [0, 0.05) is 71.0 Å². The van der Waals surface area contributed by atoms with Crippen LogP contribution < -0.4 is 26.7 Å². The standard InChI is InChI=1S/C69H77B2N5O6Si/c1-45(2)65(77)25-16-17-35-75(41-50-19-10-14-23-63(50)70(79)80)44-62-56-22-13-12-21-55(56)61(43-76(36-18-34-74-69(78)46(3)4)42-51-20-11-15-24-64(51)71(81)82)57-31-27-49(38-60(57)62)48-26-30-54(47(5)37-48)68-58-32-28-52(72-6)39-66(58)83(8,9)67-40-53(73-7)29-33-59(67)68/h10-15,19-24,26-33,37-40,72,79-82H,1,3,16-18,25,34-36,41-44H2,2,4-9H3,(H,74,78). The molecule has 0 fully saturated rings. The van der Waals surface area contributed by atoms with Crippen LogP contribution in [-0.2, 0) is 35.8 Å². The Hall–Kier alpha value is -7.52. The van der Waals surface area contributed by atoms with Gasteiger partial charge in [0.05, 0.1) is 5.71 Å². The number of rotatable bonds is 24. The highest BCUT2D eigenvalue weighted by atomic mass is 28.3. The van der Waals surface area contributed by atoms with E-state index in [0.29, 0.717) is 87.1 Å². The SMILES string of the molecule is C=C(C)C(=O)CCCCN(Cc1ccccc1B(O)O)Cc1c2ccccc2c(CN(CCCNC(=O)C(=C)C)Cc2ccccc2B(O)O)c2ccc(-c3ccc(C4=C5C=CC(=NC)C=C5[Si](C)(C)c5cc(NC)ccc54)c(C)c3)cc12. The number of amides is 1. The number of benzene rings is 7. The Labute approximate surface area is 491 Å². The summed E-state index contributed by atoms with van der Waals surface area (Å²) in [5.41, 5.74) is 16.0. The van der Waals surface area contributed by atoms with Crippen molar-refractivity contribution in [1.29, 1.82) is 0 Å². The van der Waals surface area contributed by atoms with E-state index in [2.05, 4.69) is 156 Å². The van der Waals surface area contributed by atoms with E-state index in [4.69, 9.17) is 0 Å². The molecule has 0 atom stereocenters. The number of carbonyl (C=O) groups excluding carboxylic acids is 2. The van der Waals surface area contributed by atoms with E-state index in [1.807, 2.05) is 50.5 Å². The van der Waals surface area contributed by atoms with Crippen LogP contribution in [0.1, 0.15) is 78.5 Å². The van der Waals surface area contributed by atoms with E-state index >= 15 is 0 Å². The number of anilines is 1. The number of aryl methyl sites for hydroxylation is 1. The number of ketones is 1. The number of fused-ring (bicyclic) bond motifs is 4. The van der Waals surface area contributed by atoms with Crippen molar-refractivity contribution in [2.24, 2.45) is 4.99 Å². The van der Waals surface area contributed by atoms with E-state index in [0.717, 1.165) is 78.3 Å². The van der Waals surface area contributed by atoms with Crippen molar-refractivity contribution < 1.29 is 29.7 Å². The molecule has 83 heavy (non-hydrogen) atoms. The fraction of sp³-hybridized carbons (Fsp3) is 0.261. The molecule has 0 unspecified atom stereocenters. The van der Waals surface area contributed by atoms with Crippen LogP contribution in [0.4, 0.5) is 5.69 Å². The molecule has 1 aliphatic carbocycles. The van der Waals surface area contributed by atoms with Gasteiger partial charge in [0.25, 0.3) is 0 Å². The van der Waals surface area contributed by atoms with Crippen molar-refractivity contribution in [3.63, 3.8) is 0 Å². The van der Waals surface area contributed by atoms with Crippen molar-refractivity contribution in [3.8, 4) is 11.1 Å². The van der Waals surface area contributed by atoms with Gasteiger partial charge in [-0.25, -0.2) is 0 Å². The smallest absolute Gasteiger partial charge is 0.423 e. The number of hydrogen-bond acceptors (Lipinski definition) is 10. The number of nitrogens with zero attached hydrogens (tertiary/aromatic N) is 3. The summed E-state index contributed by atoms with van der Waals surface area (Å²) < 4.78 is 0. The minimum atomic E-state index is -2.16. The molecule has 0 radical (unpaired) electrons. The average Bonchev–Trinajstić information content (AvgIpc) is 2.64.